The molecule has 21 heavy (non-hydrogen) atoms. The second-order valence-corrected chi connectivity index (χ2v) is 6.03. The Morgan fingerprint density at radius 2 is 2.43 bits per heavy atom. The predicted molar refractivity (Wildman–Crippen MR) is 83.7 cm³/mol. The lowest BCUT2D eigenvalue weighted by Crippen LogP contribution is -2.37. The van der Waals surface area contributed by atoms with Crippen molar-refractivity contribution in [2.24, 2.45) is 5.92 Å². The van der Waals surface area contributed by atoms with Crippen LogP contribution in [0.5, 0.6) is 0 Å². The Bertz CT molecular complexity index is 439. The van der Waals surface area contributed by atoms with Gasteiger partial charge in [0.15, 0.2) is 0 Å². The SMILES string of the molecule is CCCNC(c1c(Cl)cnn1CCOC)C1OCCC1C. The third-order valence-corrected chi connectivity index (χ3v) is 4.31. The molecule has 6 heteroatoms. The molecular weight excluding hydrogens is 290 g/mol. The Labute approximate surface area is 131 Å². The zero-order valence-corrected chi connectivity index (χ0v) is 13.9. The van der Waals surface area contributed by atoms with Crippen molar-refractivity contribution in [3.63, 3.8) is 0 Å². The van der Waals surface area contributed by atoms with E-state index in [1.54, 1.807) is 13.3 Å². The normalized spacial score (nSPS) is 23.6. The van der Waals surface area contributed by atoms with Crippen LogP contribution in [0.3, 0.4) is 0 Å². The summed E-state index contributed by atoms with van der Waals surface area (Å²) in [6.07, 6.45) is 4.03. The van der Waals surface area contributed by atoms with Gasteiger partial charge in [-0.05, 0) is 25.3 Å². The van der Waals surface area contributed by atoms with Crippen LogP contribution in [0.4, 0.5) is 0 Å². The van der Waals surface area contributed by atoms with E-state index in [0.717, 1.165) is 31.7 Å². The van der Waals surface area contributed by atoms with Gasteiger partial charge in [-0.1, -0.05) is 25.4 Å². The highest BCUT2D eigenvalue weighted by atomic mass is 35.5. The quantitative estimate of drug-likeness (QED) is 0.801. The second kappa shape index (κ2) is 8.13. The number of nitrogens with zero attached hydrogens (tertiary/aromatic N) is 2. The Morgan fingerprint density at radius 3 is 3.05 bits per heavy atom. The minimum atomic E-state index is 0.0781. The third-order valence-electron chi connectivity index (χ3n) is 4.02. The molecule has 3 atom stereocenters. The molecule has 0 bridgehead atoms. The molecule has 2 rings (SSSR count). The van der Waals surface area contributed by atoms with E-state index in [1.165, 1.54) is 0 Å². The van der Waals surface area contributed by atoms with Gasteiger partial charge in [-0.2, -0.15) is 5.10 Å². The maximum absolute atomic E-state index is 6.40. The summed E-state index contributed by atoms with van der Waals surface area (Å²) in [5.74, 6) is 0.515. The van der Waals surface area contributed by atoms with Crippen LogP contribution >= 0.6 is 11.6 Å². The topological polar surface area (TPSA) is 48.3 Å². The molecule has 1 N–H and O–H groups in total. The monoisotopic (exact) mass is 315 g/mol. The molecule has 1 fully saturated rings. The first-order valence-electron chi connectivity index (χ1n) is 7.74. The lowest BCUT2D eigenvalue weighted by Gasteiger charge is -2.28. The van der Waals surface area contributed by atoms with Crippen LogP contribution in [0.1, 0.15) is 38.4 Å². The van der Waals surface area contributed by atoms with Crippen molar-refractivity contribution in [1.82, 2.24) is 15.1 Å². The molecule has 3 unspecified atom stereocenters. The molecular formula is C15H26ClN3O2. The minimum absolute atomic E-state index is 0.0781. The molecule has 0 radical (unpaired) electrons. The van der Waals surface area contributed by atoms with E-state index >= 15 is 0 Å². The molecule has 2 heterocycles. The zero-order chi connectivity index (χ0) is 15.2. The van der Waals surface area contributed by atoms with E-state index in [9.17, 15) is 0 Å². The Kier molecular flexibility index (Phi) is 6.48. The fourth-order valence-corrected chi connectivity index (χ4v) is 3.11. The number of hydrogen-bond donors (Lipinski definition) is 1. The van der Waals surface area contributed by atoms with Gasteiger partial charge in [0.05, 0.1) is 42.2 Å². The highest BCUT2D eigenvalue weighted by molar-refractivity contribution is 6.31. The van der Waals surface area contributed by atoms with Crippen LogP contribution in [0.2, 0.25) is 5.02 Å². The predicted octanol–water partition coefficient (Wildman–Crippen LogP) is 2.65. The zero-order valence-electron chi connectivity index (χ0n) is 13.1. The van der Waals surface area contributed by atoms with Gasteiger partial charge in [0.2, 0.25) is 0 Å². The van der Waals surface area contributed by atoms with Crippen LogP contribution in [0.25, 0.3) is 0 Å². The average Bonchev–Trinajstić information content (AvgIpc) is 3.05. The van der Waals surface area contributed by atoms with Crippen LogP contribution in [-0.4, -0.2) is 42.8 Å². The van der Waals surface area contributed by atoms with Crippen molar-refractivity contribution in [1.29, 1.82) is 0 Å². The van der Waals surface area contributed by atoms with E-state index in [4.69, 9.17) is 21.1 Å². The van der Waals surface area contributed by atoms with Crippen LogP contribution < -0.4 is 5.32 Å². The summed E-state index contributed by atoms with van der Waals surface area (Å²) >= 11 is 6.40. The molecule has 1 aliphatic heterocycles. The Balaban J connectivity index is 2.24. The summed E-state index contributed by atoms with van der Waals surface area (Å²) in [6, 6.07) is 0.0781. The fourth-order valence-electron chi connectivity index (χ4n) is 2.85. The smallest absolute Gasteiger partial charge is 0.0835 e. The standard InChI is InChI=1S/C15H26ClN3O2/c1-4-6-17-13(15-11(2)5-8-21-15)14-12(16)10-18-19(14)7-9-20-3/h10-11,13,15,17H,4-9H2,1-3H3. The highest BCUT2D eigenvalue weighted by Crippen LogP contribution is 2.34. The van der Waals surface area contributed by atoms with Gasteiger partial charge in [0.1, 0.15) is 0 Å². The lowest BCUT2D eigenvalue weighted by atomic mass is 9.95. The lowest BCUT2D eigenvalue weighted by molar-refractivity contribution is 0.0573. The van der Waals surface area contributed by atoms with Gasteiger partial charge >= 0.3 is 0 Å². The van der Waals surface area contributed by atoms with Crippen LogP contribution in [0.15, 0.2) is 6.20 Å². The van der Waals surface area contributed by atoms with Gasteiger partial charge in [-0.25, -0.2) is 0 Å². The Hall–Kier alpha value is -0.620. The van der Waals surface area contributed by atoms with Crippen LogP contribution in [-0.2, 0) is 16.0 Å². The summed E-state index contributed by atoms with van der Waals surface area (Å²) in [7, 11) is 1.69. The molecule has 0 aromatic carbocycles. The number of halogens is 1. The van der Waals surface area contributed by atoms with Crippen molar-refractivity contribution in [3.8, 4) is 0 Å². The van der Waals surface area contributed by atoms with Gasteiger partial charge in [-0.3, -0.25) is 4.68 Å². The summed E-state index contributed by atoms with van der Waals surface area (Å²) in [5, 5.41) is 8.68. The van der Waals surface area contributed by atoms with E-state index < -0.39 is 0 Å². The molecule has 0 amide bonds. The summed E-state index contributed by atoms with van der Waals surface area (Å²) in [5.41, 5.74) is 1.01. The first kappa shape index (κ1) is 16.7. The van der Waals surface area contributed by atoms with Gasteiger partial charge < -0.3 is 14.8 Å². The summed E-state index contributed by atoms with van der Waals surface area (Å²) < 4.78 is 13.1. The molecule has 5 nitrogen and oxygen atoms in total. The number of rotatable bonds is 8. The summed E-state index contributed by atoms with van der Waals surface area (Å²) in [6.45, 7) is 7.47. The van der Waals surface area contributed by atoms with Crippen molar-refractivity contribution in [2.75, 3.05) is 26.9 Å². The largest absolute Gasteiger partial charge is 0.383 e. The maximum Gasteiger partial charge on any atom is 0.0835 e. The first-order chi connectivity index (χ1) is 10.2. The number of methoxy groups -OCH3 is 1. The molecule has 120 valence electrons. The second-order valence-electron chi connectivity index (χ2n) is 5.63. The molecule has 1 saturated heterocycles. The van der Waals surface area contributed by atoms with E-state index in [2.05, 4.69) is 24.3 Å². The summed E-state index contributed by atoms with van der Waals surface area (Å²) in [4.78, 5) is 0. The Morgan fingerprint density at radius 1 is 1.62 bits per heavy atom. The highest BCUT2D eigenvalue weighted by Gasteiger charge is 2.35. The molecule has 1 aromatic rings. The third kappa shape index (κ3) is 3.97. The number of hydrogen-bond acceptors (Lipinski definition) is 4. The number of nitrogens with one attached hydrogen (secondary N) is 1. The molecule has 0 aliphatic carbocycles. The van der Waals surface area contributed by atoms with Crippen LogP contribution in [0, 0.1) is 5.92 Å². The molecule has 0 saturated carbocycles. The van der Waals surface area contributed by atoms with Gasteiger partial charge in [-0.15, -0.1) is 0 Å². The van der Waals surface area contributed by atoms with Crippen molar-refractivity contribution < 1.29 is 9.47 Å². The fraction of sp³-hybridized carbons (Fsp3) is 0.800. The molecule has 1 aromatic heterocycles. The maximum atomic E-state index is 6.40. The van der Waals surface area contributed by atoms with E-state index in [0.29, 0.717) is 24.1 Å². The van der Waals surface area contributed by atoms with Crippen molar-refractivity contribution in [3.05, 3.63) is 16.9 Å². The minimum Gasteiger partial charge on any atom is -0.383 e. The van der Waals surface area contributed by atoms with Crippen molar-refractivity contribution in [2.45, 2.75) is 45.4 Å². The van der Waals surface area contributed by atoms with E-state index in [-0.39, 0.29) is 12.1 Å². The van der Waals surface area contributed by atoms with Gasteiger partial charge in [0.25, 0.3) is 0 Å². The molecule has 0 spiro atoms. The number of ether oxygens (including phenoxy) is 2. The average molecular weight is 316 g/mol. The molecule has 1 aliphatic rings. The number of aromatic nitrogens is 2. The van der Waals surface area contributed by atoms with E-state index in [1.807, 2.05) is 4.68 Å². The first-order valence-corrected chi connectivity index (χ1v) is 8.12. The van der Waals surface area contributed by atoms with Crippen molar-refractivity contribution >= 4 is 11.6 Å². The van der Waals surface area contributed by atoms with Gasteiger partial charge in [0, 0.05) is 13.7 Å².